The van der Waals surface area contributed by atoms with Gasteiger partial charge in [0.05, 0.1) is 11.7 Å². The standard InChI is InChI=1S/C17H25N5O/c1-13(2)16-19-17(23-20-16)14(3)22-10-8-21(9-11-22)12-15-6-4-5-7-18-15/h4-7,13-14H,8-12H2,1-3H3. The van der Waals surface area contributed by atoms with E-state index in [-0.39, 0.29) is 6.04 Å². The van der Waals surface area contributed by atoms with Crippen LogP contribution in [0.15, 0.2) is 28.9 Å². The Morgan fingerprint density at radius 1 is 1.13 bits per heavy atom. The van der Waals surface area contributed by atoms with Crippen LogP contribution in [0.1, 0.15) is 50.1 Å². The summed E-state index contributed by atoms with van der Waals surface area (Å²) in [6.45, 7) is 11.3. The molecule has 1 unspecified atom stereocenters. The Hall–Kier alpha value is -1.79. The average molecular weight is 315 g/mol. The first-order chi connectivity index (χ1) is 11.1. The van der Waals surface area contributed by atoms with Crippen LogP contribution in [0.25, 0.3) is 0 Å². The van der Waals surface area contributed by atoms with E-state index in [1.54, 1.807) is 0 Å². The van der Waals surface area contributed by atoms with E-state index in [1.807, 2.05) is 18.3 Å². The minimum Gasteiger partial charge on any atom is -0.338 e. The molecular weight excluding hydrogens is 290 g/mol. The molecule has 0 bridgehead atoms. The number of piperazine rings is 1. The molecule has 0 radical (unpaired) electrons. The van der Waals surface area contributed by atoms with Crippen LogP contribution in [0.5, 0.6) is 0 Å². The van der Waals surface area contributed by atoms with Gasteiger partial charge >= 0.3 is 0 Å². The SMILES string of the molecule is CC(C)c1noc(C(C)N2CCN(Cc3ccccn3)CC2)n1. The van der Waals surface area contributed by atoms with Crippen LogP contribution in [0.4, 0.5) is 0 Å². The lowest BCUT2D eigenvalue weighted by Gasteiger charge is -2.36. The number of aromatic nitrogens is 3. The molecule has 1 aliphatic heterocycles. The monoisotopic (exact) mass is 315 g/mol. The quantitative estimate of drug-likeness (QED) is 0.845. The topological polar surface area (TPSA) is 58.3 Å². The van der Waals surface area contributed by atoms with Gasteiger partial charge in [0.1, 0.15) is 0 Å². The summed E-state index contributed by atoms with van der Waals surface area (Å²) in [5.74, 6) is 1.82. The molecule has 2 aromatic heterocycles. The molecule has 3 heterocycles. The van der Waals surface area contributed by atoms with Crippen molar-refractivity contribution in [1.82, 2.24) is 24.9 Å². The lowest BCUT2D eigenvalue weighted by atomic mass is 10.2. The number of rotatable bonds is 5. The third-order valence-electron chi connectivity index (χ3n) is 4.40. The highest BCUT2D eigenvalue weighted by Crippen LogP contribution is 2.22. The Morgan fingerprint density at radius 2 is 1.91 bits per heavy atom. The van der Waals surface area contributed by atoms with Crippen LogP contribution in [0.2, 0.25) is 0 Å². The Bertz CT molecular complexity index is 604. The minimum atomic E-state index is 0.173. The fraction of sp³-hybridized carbons (Fsp3) is 0.588. The molecule has 2 aromatic rings. The summed E-state index contributed by atoms with van der Waals surface area (Å²) in [4.78, 5) is 13.8. The maximum atomic E-state index is 5.44. The smallest absolute Gasteiger partial charge is 0.243 e. The zero-order valence-corrected chi connectivity index (χ0v) is 14.1. The fourth-order valence-electron chi connectivity index (χ4n) is 2.84. The molecule has 23 heavy (non-hydrogen) atoms. The van der Waals surface area contributed by atoms with E-state index < -0.39 is 0 Å². The molecule has 1 saturated heterocycles. The lowest BCUT2D eigenvalue weighted by molar-refractivity contribution is 0.0839. The highest BCUT2D eigenvalue weighted by Gasteiger charge is 2.26. The molecule has 0 aliphatic carbocycles. The van der Waals surface area contributed by atoms with E-state index in [9.17, 15) is 0 Å². The summed E-state index contributed by atoms with van der Waals surface area (Å²) in [6, 6.07) is 6.26. The van der Waals surface area contributed by atoms with Gasteiger partial charge in [0.25, 0.3) is 0 Å². The molecule has 1 atom stereocenters. The van der Waals surface area contributed by atoms with Gasteiger partial charge in [-0.25, -0.2) is 0 Å². The van der Waals surface area contributed by atoms with E-state index >= 15 is 0 Å². The van der Waals surface area contributed by atoms with Crippen LogP contribution in [0, 0.1) is 0 Å². The minimum absolute atomic E-state index is 0.173. The highest BCUT2D eigenvalue weighted by atomic mass is 16.5. The van der Waals surface area contributed by atoms with E-state index in [2.05, 4.69) is 51.8 Å². The number of pyridine rings is 1. The van der Waals surface area contributed by atoms with Crippen LogP contribution >= 0.6 is 0 Å². The van der Waals surface area contributed by atoms with E-state index in [0.29, 0.717) is 5.92 Å². The third-order valence-corrected chi connectivity index (χ3v) is 4.40. The maximum absolute atomic E-state index is 5.44. The maximum Gasteiger partial charge on any atom is 0.243 e. The molecule has 1 aliphatic rings. The average Bonchev–Trinajstić information content (AvgIpc) is 3.06. The van der Waals surface area contributed by atoms with Gasteiger partial charge in [-0.2, -0.15) is 4.98 Å². The number of hydrogen-bond donors (Lipinski definition) is 0. The first-order valence-corrected chi connectivity index (χ1v) is 8.33. The molecule has 0 amide bonds. The predicted molar refractivity (Wildman–Crippen MR) is 87.9 cm³/mol. The zero-order chi connectivity index (χ0) is 16.2. The van der Waals surface area contributed by atoms with Crippen molar-refractivity contribution >= 4 is 0 Å². The molecule has 0 spiro atoms. The second kappa shape index (κ2) is 7.19. The van der Waals surface area contributed by atoms with Crippen molar-refractivity contribution in [3.63, 3.8) is 0 Å². The van der Waals surface area contributed by atoms with Crippen LogP contribution < -0.4 is 0 Å². The summed E-state index contributed by atoms with van der Waals surface area (Å²) in [5, 5.41) is 4.07. The van der Waals surface area contributed by atoms with Gasteiger partial charge in [-0.3, -0.25) is 14.8 Å². The summed E-state index contributed by atoms with van der Waals surface area (Å²) in [6.07, 6.45) is 1.86. The molecule has 6 heteroatoms. The van der Waals surface area contributed by atoms with E-state index in [1.165, 1.54) is 0 Å². The Morgan fingerprint density at radius 3 is 2.52 bits per heavy atom. The van der Waals surface area contributed by atoms with Crippen molar-refractivity contribution in [3.8, 4) is 0 Å². The van der Waals surface area contributed by atoms with Crippen molar-refractivity contribution in [1.29, 1.82) is 0 Å². The van der Waals surface area contributed by atoms with Crippen molar-refractivity contribution in [2.45, 2.75) is 39.3 Å². The van der Waals surface area contributed by atoms with Gasteiger partial charge in [-0.05, 0) is 19.1 Å². The van der Waals surface area contributed by atoms with Gasteiger partial charge in [-0.15, -0.1) is 0 Å². The Kier molecular flexibility index (Phi) is 5.03. The molecule has 0 aromatic carbocycles. The Balaban J connectivity index is 1.53. The summed E-state index contributed by atoms with van der Waals surface area (Å²) < 4.78 is 5.44. The fourth-order valence-corrected chi connectivity index (χ4v) is 2.84. The Labute approximate surface area is 137 Å². The highest BCUT2D eigenvalue weighted by molar-refractivity contribution is 5.03. The van der Waals surface area contributed by atoms with Gasteiger partial charge < -0.3 is 4.52 Å². The summed E-state index contributed by atoms with van der Waals surface area (Å²) in [7, 11) is 0. The molecule has 6 nitrogen and oxygen atoms in total. The normalized spacial score (nSPS) is 18.4. The van der Waals surface area contributed by atoms with Crippen LogP contribution in [0.3, 0.4) is 0 Å². The molecule has 0 saturated carbocycles. The summed E-state index contributed by atoms with van der Waals surface area (Å²) >= 11 is 0. The number of hydrogen-bond acceptors (Lipinski definition) is 6. The summed E-state index contributed by atoms with van der Waals surface area (Å²) in [5.41, 5.74) is 1.13. The second-order valence-electron chi connectivity index (χ2n) is 6.45. The third kappa shape index (κ3) is 3.95. The van der Waals surface area contributed by atoms with E-state index in [0.717, 1.165) is 50.1 Å². The van der Waals surface area contributed by atoms with E-state index in [4.69, 9.17) is 4.52 Å². The van der Waals surface area contributed by atoms with Crippen molar-refractivity contribution in [3.05, 3.63) is 41.8 Å². The van der Waals surface area contributed by atoms with Gasteiger partial charge in [-0.1, -0.05) is 25.1 Å². The first kappa shape index (κ1) is 16.1. The first-order valence-electron chi connectivity index (χ1n) is 8.33. The van der Waals surface area contributed by atoms with Gasteiger partial charge in [0.15, 0.2) is 5.82 Å². The largest absolute Gasteiger partial charge is 0.338 e. The van der Waals surface area contributed by atoms with Gasteiger partial charge in [0.2, 0.25) is 5.89 Å². The molecule has 3 rings (SSSR count). The second-order valence-corrected chi connectivity index (χ2v) is 6.45. The van der Waals surface area contributed by atoms with Crippen molar-refractivity contribution in [2.24, 2.45) is 0 Å². The van der Waals surface area contributed by atoms with Crippen LogP contribution in [-0.2, 0) is 6.54 Å². The number of nitrogens with zero attached hydrogens (tertiary/aromatic N) is 5. The van der Waals surface area contributed by atoms with Crippen LogP contribution in [-0.4, -0.2) is 51.1 Å². The lowest BCUT2D eigenvalue weighted by Crippen LogP contribution is -2.46. The molecule has 1 fully saturated rings. The zero-order valence-electron chi connectivity index (χ0n) is 14.1. The molecule has 124 valence electrons. The van der Waals surface area contributed by atoms with Crippen molar-refractivity contribution in [2.75, 3.05) is 26.2 Å². The predicted octanol–water partition coefficient (Wildman–Crippen LogP) is 2.47. The van der Waals surface area contributed by atoms with Gasteiger partial charge in [0, 0.05) is 44.8 Å². The van der Waals surface area contributed by atoms with Crippen molar-refractivity contribution < 1.29 is 4.52 Å². The molecular formula is C17H25N5O. The molecule has 0 N–H and O–H groups in total.